The van der Waals surface area contributed by atoms with Crippen LogP contribution in [0.1, 0.15) is 27.8 Å². The topological polar surface area (TPSA) is 55.4 Å². The monoisotopic (exact) mass is 630 g/mol. The summed E-state index contributed by atoms with van der Waals surface area (Å²) in [6.45, 7) is 6.38. The van der Waals surface area contributed by atoms with E-state index in [9.17, 15) is 0 Å². The average molecular weight is 631 g/mol. The van der Waals surface area contributed by atoms with Gasteiger partial charge >= 0.3 is 0 Å². The molecule has 0 spiro atoms. The second kappa shape index (κ2) is 16.5. The Morgan fingerprint density at radius 2 is 1.28 bits per heavy atom. The maximum atomic E-state index is 6.88. The molecule has 0 saturated heterocycles. The predicted molar refractivity (Wildman–Crippen MR) is 184 cm³/mol. The van der Waals surface area contributed by atoms with Gasteiger partial charge in [0.15, 0.2) is 0 Å². The molecule has 0 fully saturated rings. The van der Waals surface area contributed by atoms with Crippen LogP contribution in [0.4, 0.5) is 0 Å². The summed E-state index contributed by atoms with van der Waals surface area (Å²) in [6.07, 6.45) is -0.265. The Bertz CT molecular complexity index is 1690. The Hall–Kier alpha value is -4.30. The lowest BCUT2D eigenvalue weighted by Crippen LogP contribution is -2.50. The number of rotatable bonds is 12. The highest BCUT2D eigenvalue weighted by atomic mass is 16.6. The number of fused-ring (bicyclic) bond motifs is 2. The molecular weight excluding hydrogens is 588 g/mol. The SMILES string of the molecule is C=C[C@@H](OCc1ccccc1)C1OCc2cc3ccccc3cc2COCC(OCc2ccc(OC)cc2)[C@H]1OCc1ccccc1. The number of benzene rings is 5. The van der Waals surface area contributed by atoms with E-state index in [2.05, 4.69) is 55.1 Å². The number of methoxy groups -OCH3 is 1. The molecule has 1 heterocycles. The molecule has 6 heteroatoms. The van der Waals surface area contributed by atoms with Crippen molar-refractivity contribution in [3.63, 3.8) is 0 Å². The van der Waals surface area contributed by atoms with Crippen molar-refractivity contribution in [3.05, 3.63) is 162 Å². The fraction of sp³-hybridized carbons (Fsp3) is 0.268. The summed E-state index contributed by atoms with van der Waals surface area (Å²) in [7, 11) is 1.66. The van der Waals surface area contributed by atoms with E-state index in [1.165, 1.54) is 0 Å². The van der Waals surface area contributed by atoms with Gasteiger partial charge in [0.1, 0.15) is 30.2 Å². The summed E-state index contributed by atoms with van der Waals surface area (Å²) >= 11 is 0. The van der Waals surface area contributed by atoms with Gasteiger partial charge < -0.3 is 28.4 Å². The van der Waals surface area contributed by atoms with Crippen molar-refractivity contribution in [1.29, 1.82) is 0 Å². The van der Waals surface area contributed by atoms with Crippen molar-refractivity contribution in [1.82, 2.24) is 0 Å². The van der Waals surface area contributed by atoms with Crippen LogP contribution in [0.5, 0.6) is 5.75 Å². The predicted octanol–water partition coefficient (Wildman–Crippen LogP) is 8.21. The molecule has 0 N–H and O–H groups in total. The second-order valence-electron chi connectivity index (χ2n) is 11.7. The van der Waals surface area contributed by atoms with Crippen molar-refractivity contribution in [2.45, 2.75) is 57.5 Å². The molecular formula is C41H42O6. The highest BCUT2D eigenvalue weighted by Crippen LogP contribution is 2.28. The zero-order chi connectivity index (χ0) is 32.3. The molecule has 0 aliphatic carbocycles. The highest BCUT2D eigenvalue weighted by molar-refractivity contribution is 5.84. The Balaban J connectivity index is 1.34. The molecule has 242 valence electrons. The van der Waals surface area contributed by atoms with Gasteiger partial charge in [-0.3, -0.25) is 0 Å². The third-order valence-electron chi connectivity index (χ3n) is 8.48. The Labute approximate surface area is 277 Å². The summed E-state index contributed by atoms with van der Waals surface area (Å²) in [5.74, 6) is 0.795. The van der Waals surface area contributed by atoms with E-state index >= 15 is 0 Å². The van der Waals surface area contributed by atoms with Crippen LogP contribution in [0.2, 0.25) is 0 Å². The van der Waals surface area contributed by atoms with Gasteiger partial charge in [-0.25, -0.2) is 0 Å². The molecule has 1 aliphatic heterocycles. The molecule has 0 bridgehead atoms. The summed E-state index contributed by atoms with van der Waals surface area (Å²) in [4.78, 5) is 0. The Morgan fingerprint density at radius 1 is 0.702 bits per heavy atom. The van der Waals surface area contributed by atoms with Crippen molar-refractivity contribution >= 4 is 10.8 Å². The maximum absolute atomic E-state index is 6.88. The summed E-state index contributed by atoms with van der Waals surface area (Å²) < 4.78 is 38.6. The smallest absolute Gasteiger partial charge is 0.118 e. The van der Waals surface area contributed by atoms with Crippen LogP contribution in [-0.4, -0.2) is 38.1 Å². The van der Waals surface area contributed by atoms with Crippen LogP contribution >= 0.6 is 0 Å². The van der Waals surface area contributed by atoms with Crippen molar-refractivity contribution in [2.24, 2.45) is 0 Å². The zero-order valence-corrected chi connectivity index (χ0v) is 26.8. The first-order valence-corrected chi connectivity index (χ1v) is 16.1. The minimum Gasteiger partial charge on any atom is -0.497 e. The first-order valence-electron chi connectivity index (χ1n) is 16.1. The third kappa shape index (κ3) is 8.74. The molecule has 2 unspecified atom stereocenters. The lowest BCUT2D eigenvalue weighted by Gasteiger charge is -2.37. The van der Waals surface area contributed by atoms with Gasteiger partial charge in [0, 0.05) is 0 Å². The molecule has 0 aromatic heterocycles. The molecule has 0 saturated carbocycles. The number of hydrogen-bond donors (Lipinski definition) is 0. The molecule has 1 aliphatic rings. The number of hydrogen-bond acceptors (Lipinski definition) is 6. The van der Waals surface area contributed by atoms with Crippen LogP contribution in [0, 0.1) is 0 Å². The van der Waals surface area contributed by atoms with Crippen LogP contribution < -0.4 is 4.74 Å². The third-order valence-corrected chi connectivity index (χ3v) is 8.48. The second-order valence-corrected chi connectivity index (χ2v) is 11.7. The van der Waals surface area contributed by atoms with Crippen molar-refractivity contribution < 1.29 is 28.4 Å². The quantitative estimate of drug-likeness (QED) is 0.130. The molecule has 0 amide bonds. The van der Waals surface area contributed by atoms with Crippen molar-refractivity contribution in [2.75, 3.05) is 13.7 Å². The fourth-order valence-corrected chi connectivity index (χ4v) is 5.86. The minimum absolute atomic E-state index is 0.296. The maximum Gasteiger partial charge on any atom is 0.118 e. The van der Waals surface area contributed by atoms with Crippen LogP contribution in [0.15, 0.2) is 134 Å². The van der Waals surface area contributed by atoms with E-state index in [0.29, 0.717) is 39.6 Å². The van der Waals surface area contributed by atoms with E-state index in [4.69, 9.17) is 28.4 Å². The van der Waals surface area contributed by atoms with Gasteiger partial charge in [0.05, 0.1) is 46.8 Å². The molecule has 5 aromatic rings. The first kappa shape index (κ1) is 32.6. The molecule has 47 heavy (non-hydrogen) atoms. The van der Waals surface area contributed by atoms with Gasteiger partial charge in [0.25, 0.3) is 0 Å². The van der Waals surface area contributed by atoms with Crippen LogP contribution in [0.25, 0.3) is 10.8 Å². The van der Waals surface area contributed by atoms with Crippen molar-refractivity contribution in [3.8, 4) is 5.75 Å². The first-order chi connectivity index (χ1) is 23.2. The van der Waals surface area contributed by atoms with Gasteiger partial charge in [-0.15, -0.1) is 6.58 Å². The molecule has 6 rings (SSSR count). The molecule has 0 radical (unpaired) electrons. The molecule has 4 atom stereocenters. The van der Waals surface area contributed by atoms with E-state index in [0.717, 1.165) is 44.3 Å². The van der Waals surface area contributed by atoms with E-state index in [1.54, 1.807) is 13.2 Å². The lowest BCUT2D eigenvalue weighted by molar-refractivity contribution is -0.194. The number of ether oxygens (including phenoxy) is 6. The van der Waals surface area contributed by atoms with Crippen LogP contribution in [0.3, 0.4) is 0 Å². The van der Waals surface area contributed by atoms with Gasteiger partial charge in [0.2, 0.25) is 0 Å². The minimum atomic E-state index is -0.554. The molecule has 5 aromatic carbocycles. The Kier molecular flexibility index (Phi) is 11.5. The largest absolute Gasteiger partial charge is 0.497 e. The van der Waals surface area contributed by atoms with Gasteiger partial charge in [-0.2, -0.15) is 0 Å². The van der Waals surface area contributed by atoms with E-state index in [-0.39, 0.29) is 0 Å². The van der Waals surface area contributed by atoms with Gasteiger partial charge in [-0.05, 0) is 62.9 Å². The zero-order valence-electron chi connectivity index (χ0n) is 26.8. The summed E-state index contributed by atoms with van der Waals surface area (Å²) in [5, 5.41) is 2.32. The summed E-state index contributed by atoms with van der Waals surface area (Å²) in [5.41, 5.74) is 5.28. The van der Waals surface area contributed by atoms with Crippen LogP contribution in [-0.2, 0) is 56.7 Å². The molecule has 6 nitrogen and oxygen atoms in total. The normalized spacial score (nSPS) is 19.0. The highest BCUT2D eigenvalue weighted by Gasteiger charge is 2.38. The lowest BCUT2D eigenvalue weighted by atomic mass is 9.99. The van der Waals surface area contributed by atoms with E-state index in [1.807, 2.05) is 72.8 Å². The summed E-state index contributed by atoms with van der Waals surface area (Å²) in [6, 6.07) is 40.9. The average Bonchev–Trinajstić information content (AvgIpc) is 3.13. The fourth-order valence-electron chi connectivity index (χ4n) is 5.86. The van der Waals surface area contributed by atoms with Gasteiger partial charge in [-0.1, -0.05) is 103 Å². The standard InChI is InChI=1S/C41H42O6/c1-3-38(44-24-30-12-6-4-7-13-30)40-41(46-26-31-14-8-5-9-15-31)39(45-25-32-18-20-37(42-2)21-19-32)29-43-27-35-22-33-16-10-11-17-34(33)23-36(35)28-47-40/h3-23,38-41H,1,24-29H2,2H3/t38-,39?,40?,41-/m1/s1. The van der Waals surface area contributed by atoms with E-state index < -0.39 is 24.4 Å². The Morgan fingerprint density at radius 3 is 1.91 bits per heavy atom.